The first-order chi connectivity index (χ1) is 18.4. The number of halogens is 1. The molecule has 2 aliphatic heterocycles. The summed E-state index contributed by atoms with van der Waals surface area (Å²) < 4.78 is 19.4. The van der Waals surface area contributed by atoms with Gasteiger partial charge in [0.05, 0.1) is 36.1 Å². The van der Waals surface area contributed by atoms with Crippen molar-refractivity contribution in [3.63, 3.8) is 0 Å². The number of fused-ring (bicyclic) bond motifs is 1. The molecule has 2 aromatic heterocycles. The van der Waals surface area contributed by atoms with Gasteiger partial charge in [-0.15, -0.1) is 0 Å². The third-order valence-electron chi connectivity index (χ3n) is 6.01. The number of allylic oxidation sites excluding steroid dienone is 2. The van der Waals surface area contributed by atoms with Crippen LogP contribution in [0.1, 0.15) is 30.7 Å². The van der Waals surface area contributed by atoms with E-state index in [0.717, 1.165) is 17.2 Å². The molecule has 0 saturated carbocycles. The van der Waals surface area contributed by atoms with Crippen LogP contribution in [0.3, 0.4) is 0 Å². The average molecular weight is 530 g/mol. The van der Waals surface area contributed by atoms with Crippen molar-refractivity contribution < 1.29 is 4.39 Å². The Hall–Kier alpha value is -4.43. The van der Waals surface area contributed by atoms with Crippen molar-refractivity contribution in [1.82, 2.24) is 19.7 Å². The first kappa shape index (κ1) is 26.6. The van der Waals surface area contributed by atoms with E-state index < -0.39 is 5.41 Å². The highest BCUT2D eigenvalue weighted by atomic mass is 32.2. The predicted octanol–water partition coefficient (Wildman–Crippen LogP) is 4.78. The summed E-state index contributed by atoms with van der Waals surface area (Å²) >= 11 is 1.47. The molecular weight excluding hydrogens is 501 g/mol. The lowest BCUT2D eigenvalue weighted by molar-refractivity contribution is 0.584. The molecule has 9 nitrogen and oxygen atoms in total. The lowest BCUT2D eigenvalue weighted by Crippen LogP contribution is -2.20. The van der Waals surface area contributed by atoms with Crippen LogP contribution in [0.15, 0.2) is 72.5 Å². The van der Waals surface area contributed by atoms with E-state index >= 15 is 0 Å². The fourth-order valence-corrected chi connectivity index (χ4v) is 4.50. The molecule has 0 radical (unpaired) electrons. The molecule has 194 valence electrons. The quantitative estimate of drug-likeness (QED) is 0.373. The van der Waals surface area contributed by atoms with Gasteiger partial charge in [-0.2, -0.15) is 10.4 Å². The van der Waals surface area contributed by atoms with Gasteiger partial charge in [0.15, 0.2) is 5.82 Å². The zero-order valence-corrected chi connectivity index (χ0v) is 22.0. The molecule has 5 rings (SSSR count). The van der Waals surface area contributed by atoms with Crippen LogP contribution in [0, 0.1) is 17.1 Å². The molecule has 11 heteroatoms. The summed E-state index contributed by atoms with van der Waals surface area (Å²) in [5.41, 5.74) is 7.40. The molecule has 4 heterocycles. The molecule has 0 amide bonds. The molecule has 0 aliphatic carbocycles. The van der Waals surface area contributed by atoms with Crippen LogP contribution in [0.5, 0.6) is 0 Å². The average Bonchev–Trinajstić information content (AvgIpc) is 3.63. The Balaban J connectivity index is 0.00000107. The largest absolute Gasteiger partial charge is 0.405 e. The van der Waals surface area contributed by atoms with Gasteiger partial charge in [0.25, 0.3) is 0 Å². The minimum absolute atomic E-state index is 0.234. The number of nitriles is 1. The molecule has 2 aliphatic rings. The van der Waals surface area contributed by atoms with Gasteiger partial charge in [-0.25, -0.2) is 14.4 Å². The standard InChI is InChI=1S/C25H23FN8S.C2H5N/c1-4-35-33-24-21-23(29-15(2)25(21,3)14-27)30-22(31-24)19-12-20(18-10-7-11-28-18)34(32-19)13-16-8-5-6-9-17(16)26;1-2-3/h5-10,12H,2,4,11,13H2,1,3H3,(H2,29,30,31,33);2H,1,3H2. The number of hydrogen-bond donors (Lipinski definition) is 3. The number of rotatable bonds is 7. The summed E-state index contributed by atoms with van der Waals surface area (Å²) in [5.74, 6) is 1.94. The maximum absolute atomic E-state index is 14.4. The van der Waals surface area contributed by atoms with Crippen LogP contribution < -0.4 is 15.8 Å². The SMILES string of the molecule is C=C1Nc2nc(-c3cc(C4=NCC=C4)n(Cc4ccccc4F)n3)nc(NSCC)c2C1(C)C#N.C=CN. The molecule has 0 fully saturated rings. The number of aliphatic imine (C=N–C) groups is 1. The summed E-state index contributed by atoms with van der Waals surface area (Å²) in [5, 5.41) is 17.8. The summed E-state index contributed by atoms with van der Waals surface area (Å²) in [7, 11) is 0. The van der Waals surface area contributed by atoms with E-state index in [-0.39, 0.29) is 12.4 Å². The third-order valence-corrected chi connectivity index (χ3v) is 6.64. The Morgan fingerprint density at radius 1 is 1.37 bits per heavy atom. The lowest BCUT2D eigenvalue weighted by atomic mass is 9.84. The van der Waals surface area contributed by atoms with Crippen molar-refractivity contribution in [2.24, 2.45) is 10.7 Å². The van der Waals surface area contributed by atoms with Crippen LogP contribution in [-0.4, -0.2) is 37.8 Å². The summed E-state index contributed by atoms with van der Waals surface area (Å²) in [6.07, 6.45) is 5.14. The van der Waals surface area contributed by atoms with Crippen LogP contribution >= 0.6 is 11.9 Å². The summed E-state index contributed by atoms with van der Waals surface area (Å²) in [6.45, 7) is 11.8. The van der Waals surface area contributed by atoms with E-state index in [0.29, 0.717) is 46.5 Å². The van der Waals surface area contributed by atoms with Crippen molar-refractivity contribution in [3.8, 4) is 17.6 Å². The zero-order chi connectivity index (χ0) is 27.3. The highest BCUT2D eigenvalue weighted by molar-refractivity contribution is 8.00. The number of nitrogens with zero attached hydrogens (tertiary/aromatic N) is 6. The predicted molar refractivity (Wildman–Crippen MR) is 151 cm³/mol. The van der Waals surface area contributed by atoms with Crippen molar-refractivity contribution in [3.05, 3.63) is 90.2 Å². The number of benzene rings is 1. The Kier molecular flexibility index (Phi) is 7.93. The van der Waals surface area contributed by atoms with E-state index in [2.05, 4.69) is 40.0 Å². The molecule has 0 bridgehead atoms. The first-order valence-electron chi connectivity index (χ1n) is 11.9. The fourth-order valence-electron chi connectivity index (χ4n) is 4.07. The number of anilines is 2. The maximum atomic E-state index is 14.4. The molecule has 4 N–H and O–H groups in total. The maximum Gasteiger partial charge on any atom is 0.184 e. The topological polar surface area (TPSA) is 130 Å². The zero-order valence-electron chi connectivity index (χ0n) is 21.2. The fraction of sp³-hybridized carbons (Fsp3) is 0.222. The van der Waals surface area contributed by atoms with Crippen molar-refractivity contribution in [2.45, 2.75) is 25.8 Å². The van der Waals surface area contributed by atoms with Gasteiger partial charge in [-0.1, -0.05) is 56.3 Å². The Labute approximate surface area is 225 Å². The lowest BCUT2D eigenvalue weighted by Gasteiger charge is -2.18. The molecular formula is C27H28FN9S. The van der Waals surface area contributed by atoms with E-state index in [9.17, 15) is 9.65 Å². The highest BCUT2D eigenvalue weighted by Crippen LogP contribution is 2.46. The smallest absolute Gasteiger partial charge is 0.184 e. The van der Waals surface area contributed by atoms with E-state index in [1.807, 2.05) is 25.1 Å². The van der Waals surface area contributed by atoms with Crippen LogP contribution in [0.25, 0.3) is 11.5 Å². The second-order valence-electron chi connectivity index (χ2n) is 8.52. The Morgan fingerprint density at radius 3 is 2.79 bits per heavy atom. The van der Waals surface area contributed by atoms with Crippen molar-refractivity contribution in [2.75, 3.05) is 22.3 Å². The number of hydrogen-bond acceptors (Lipinski definition) is 9. The van der Waals surface area contributed by atoms with Crippen LogP contribution in [0.4, 0.5) is 16.0 Å². The van der Waals surface area contributed by atoms with Gasteiger partial charge >= 0.3 is 0 Å². The van der Waals surface area contributed by atoms with Crippen LogP contribution in [0.2, 0.25) is 0 Å². The van der Waals surface area contributed by atoms with E-state index in [1.165, 1.54) is 24.2 Å². The Bertz CT molecular complexity index is 1480. The normalized spacial score (nSPS) is 17.1. The van der Waals surface area contributed by atoms with Gasteiger partial charge in [0, 0.05) is 17.0 Å². The minimum atomic E-state index is -0.969. The van der Waals surface area contributed by atoms with Gasteiger partial charge in [-0.3, -0.25) is 9.67 Å². The highest BCUT2D eigenvalue weighted by Gasteiger charge is 2.43. The van der Waals surface area contributed by atoms with Crippen molar-refractivity contribution in [1.29, 1.82) is 5.26 Å². The van der Waals surface area contributed by atoms with Crippen molar-refractivity contribution >= 4 is 29.3 Å². The number of nitrogens with two attached hydrogens (primary N) is 1. The molecule has 1 atom stereocenters. The molecule has 1 unspecified atom stereocenters. The van der Waals surface area contributed by atoms with E-state index in [1.54, 1.807) is 29.8 Å². The van der Waals surface area contributed by atoms with Gasteiger partial charge in [0.2, 0.25) is 0 Å². The number of aromatic nitrogens is 4. The molecule has 1 aromatic carbocycles. The minimum Gasteiger partial charge on any atom is -0.405 e. The first-order valence-corrected chi connectivity index (χ1v) is 12.9. The van der Waals surface area contributed by atoms with E-state index in [4.69, 9.17) is 15.1 Å². The molecule has 38 heavy (non-hydrogen) atoms. The summed E-state index contributed by atoms with van der Waals surface area (Å²) in [6, 6.07) is 10.8. The monoisotopic (exact) mass is 529 g/mol. The summed E-state index contributed by atoms with van der Waals surface area (Å²) in [4.78, 5) is 14.0. The van der Waals surface area contributed by atoms with Gasteiger partial charge in [0.1, 0.15) is 28.6 Å². The molecule has 0 saturated heterocycles. The second-order valence-corrected chi connectivity index (χ2v) is 9.59. The van der Waals surface area contributed by atoms with Gasteiger partial charge < -0.3 is 15.8 Å². The third kappa shape index (κ3) is 5.03. The molecule has 3 aromatic rings. The Morgan fingerprint density at radius 2 is 2.13 bits per heavy atom. The van der Waals surface area contributed by atoms with Crippen LogP contribution in [-0.2, 0) is 12.0 Å². The van der Waals surface area contributed by atoms with Gasteiger partial charge in [-0.05, 0) is 31.3 Å². The molecule has 0 spiro atoms. The second kappa shape index (κ2) is 11.3. The number of nitrogens with one attached hydrogen (secondary N) is 2.